The van der Waals surface area contributed by atoms with Gasteiger partial charge in [-0.1, -0.05) is 0 Å². The lowest BCUT2D eigenvalue weighted by atomic mass is 10.2. The van der Waals surface area contributed by atoms with Crippen LogP contribution in [0.25, 0.3) is 11.0 Å². The van der Waals surface area contributed by atoms with E-state index in [4.69, 9.17) is 23.9 Å². The number of nitrogens with zero attached hydrogens (tertiary/aromatic N) is 1. The molecular formula is C21H14F3NO6. The van der Waals surface area contributed by atoms with Crippen molar-refractivity contribution < 1.29 is 36.6 Å². The smallest absolute Gasteiger partial charge is 0.453 e. The molecule has 0 aliphatic heterocycles. The Hall–Kier alpha value is -4.00. The van der Waals surface area contributed by atoms with Crippen molar-refractivity contribution in [2.75, 3.05) is 13.2 Å². The molecule has 1 aromatic heterocycles. The van der Waals surface area contributed by atoms with Crippen LogP contribution in [0.1, 0.15) is 23.0 Å². The minimum atomic E-state index is -5.03. The minimum Gasteiger partial charge on any atom is -0.479 e. The molecule has 0 amide bonds. The summed E-state index contributed by atoms with van der Waals surface area (Å²) in [7, 11) is 0. The topological polar surface area (TPSA) is 98.8 Å². The Morgan fingerprint density at radius 1 is 1.13 bits per heavy atom. The summed E-state index contributed by atoms with van der Waals surface area (Å²) in [5.41, 5.74) is -1.26. The maximum atomic E-state index is 13.6. The van der Waals surface area contributed by atoms with Gasteiger partial charge in [0.1, 0.15) is 23.2 Å². The van der Waals surface area contributed by atoms with E-state index in [2.05, 4.69) is 0 Å². The molecule has 0 fully saturated rings. The lowest BCUT2D eigenvalue weighted by Crippen LogP contribution is -2.15. The fraction of sp³-hybridized carbons (Fsp3) is 0.190. The van der Waals surface area contributed by atoms with Gasteiger partial charge in [-0.15, -0.1) is 0 Å². The van der Waals surface area contributed by atoms with Crippen LogP contribution in [0.5, 0.6) is 17.2 Å². The van der Waals surface area contributed by atoms with Gasteiger partial charge in [0.2, 0.25) is 11.2 Å². The van der Waals surface area contributed by atoms with Crippen LogP contribution < -0.4 is 14.9 Å². The van der Waals surface area contributed by atoms with Gasteiger partial charge in [-0.25, -0.2) is 4.79 Å². The molecule has 3 aromatic rings. The van der Waals surface area contributed by atoms with Gasteiger partial charge < -0.3 is 18.6 Å². The van der Waals surface area contributed by atoms with Crippen LogP contribution in [-0.2, 0) is 10.9 Å². The fourth-order valence-electron chi connectivity index (χ4n) is 2.63. The molecule has 1 heterocycles. The highest BCUT2D eigenvalue weighted by atomic mass is 19.4. The van der Waals surface area contributed by atoms with Gasteiger partial charge in [0.15, 0.2) is 6.61 Å². The largest absolute Gasteiger partial charge is 0.479 e. The number of alkyl halides is 3. The third-order valence-electron chi connectivity index (χ3n) is 3.97. The second-order valence-electron chi connectivity index (χ2n) is 6.04. The third-order valence-corrected chi connectivity index (χ3v) is 3.97. The van der Waals surface area contributed by atoms with Crippen LogP contribution >= 0.6 is 0 Å². The van der Waals surface area contributed by atoms with E-state index in [0.29, 0.717) is 0 Å². The second kappa shape index (κ2) is 8.79. The highest BCUT2D eigenvalue weighted by Gasteiger charge is 2.40. The molecule has 0 unspecified atom stereocenters. The Balaban J connectivity index is 2.04. The van der Waals surface area contributed by atoms with Gasteiger partial charge in [0.05, 0.1) is 17.6 Å². The zero-order chi connectivity index (χ0) is 22.6. The Morgan fingerprint density at radius 2 is 1.81 bits per heavy atom. The van der Waals surface area contributed by atoms with Crippen LogP contribution in [0, 0.1) is 11.3 Å². The number of carbonyl (C=O) groups is 1. The molecule has 0 N–H and O–H groups in total. The quantitative estimate of drug-likeness (QED) is 0.521. The van der Waals surface area contributed by atoms with Crippen LogP contribution in [0.15, 0.2) is 51.7 Å². The van der Waals surface area contributed by atoms with Crippen molar-refractivity contribution in [2.24, 2.45) is 0 Å². The molecule has 7 nitrogen and oxygen atoms in total. The van der Waals surface area contributed by atoms with Crippen LogP contribution in [0.2, 0.25) is 0 Å². The summed E-state index contributed by atoms with van der Waals surface area (Å²) in [6, 6.07) is 10.4. The normalized spacial score (nSPS) is 11.1. The summed E-state index contributed by atoms with van der Waals surface area (Å²) >= 11 is 0. The summed E-state index contributed by atoms with van der Waals surface area (Å²) in [6.07, 6.45) is -5.03. The first-order chi connectivity index (χ1) is 14.7. The SMILES string of the molecule is CCOC(=O)c1ccc(Oc2c(C(F)(F)F)oc3cc(OCC#N)ccc3c2=O)cc1. The van der Waals surface area contributed by atoms with E-state index < -0.39 is 29.1 Å². The van der Waals surface area contributed by atoms with Crippen molar-refractivity contribution in [3.63, 3.8) is 0 Å². The Morgan fingerprint density at radius 3 is 2.42 bits per heavy atom. The van der Waals surface area contributed by atoms with E-state index in [9.17, 15) is 22.8 Å². The van der Waals surface area contributed by atoms with Crippen molar-refractivity contribution in [3.05, 3.63) is 64.0 Å². The van der Waals surface area contributed by atoms with Gasteiger partial charge >= 0.3 is 12.1 Å². The molecule has 0 saturated carbocycles. The van der Waals surface area contributed by atoms with Gasteiger partial charge in [-0.2, -0.15) is 18.4 Å². The first-order valence-corrected chi connectivity index (χ1v) is 8.87. The molecule has 0 bridgehead atoms. The minimum absolute atomic E-state index is 0.0635. The van der Waals surface area contributed by atoms with E-state index in [1.165, 1.54) is 36.4 Å². The first kappa shape index (κ1) is 21.7. The van der Waals surface area contributed by atoms with Crippen molar-refractivity contribution in [1.29, 1.82) is 5.26 Å². The molecule has 2 aromatic carbocycles. The monoisotopic (exact) mass is 433 g/mol. The maximum absolute atomic E-state index is 13.6. The number of fused-ring (bicyclic) bond motifs is 1. The lowest BCUT2D eigenvalue weighted by Gasteiger charge is -2.13. The van der Waals surface area contributed by atoms with Gasteiger partial charge in [-0.3, -0.25) is 4.79 Å². The zero-order valence-electron chi connectivity index (χ0n) is 16.0. The fourth-order valence-corrected chi connectivity index (χ4v) is 2.63. The molecule has 0 saturated heterocycles. The first-order valence-electron chi connectivity index (χ1n) is 8.87. The van der Waals surface area contributed by atoms with E-state index in [-0.39, 0.29) is 41.2 Å². The molecule has 0 aliphatic rings. The van der Waals surface area contributed by atoms with Crippen LogP contribution in [0.4, 0.5) is 13.2 Å². The highest BCUT2D eigenvalue weighted by molar-refractivity contribution is 5.89. The van der Waals surface area contributed by atoms with Gasteiger partial charge in [0.25, 0.3) is 5.76 Å². The Kier molecular flexibility index (Phi) is 6.15. The predicted octanol–water partition coefficient (Wildman–Crippen LogP) is 4.68. The number of halogens is 3. The van der Waals surface area contributed by atoms with E-state index in [1.807, 2.05) is 0 Å². The molecule has 160 valence electrons. The van der Waals surface area contributed by atoms with Crippen molar-refractivity contribution >= 4 is 16.9 Å². The average molecular weight is 433 g/mol. The van der Waals surface area contributed by atoms with E-state index in [0.717, 1.165) is 6.07 Å². The van der Waals surface area contributed by atoms with Crippen LogP contribution in [0.3, 0.4) is 0 Å². The molecule has 0 atom stereocenters. The molecule has 0 radical (unpaired) electrons. The number of esters is 1. The van der Waals surface area contributed by atoms with Gasteiger partial charge in [-0.05, 0) is 43.3 Å². The molecule has 31 heavy (non-hydrogen) atoms. The summed E-state index contributed by atoms with van der Waals surface area (Å²) in [5.74, 6) is -3.33. The molecule has 0 spiro atoms. The molecule has 3 rings (SSSR count). The van der Waals surface area contributed by atoms with E-state index in [1.54, 1.807) is 13.0 Å². The summed E-state index contributed by atoms with van der Waals surface area (Å²) < 4.78 is 60.7. The van der Waals surface area contributed by atoms with Crippen molar-refractivity contribution in [1.82, 2.24) is 0 Å². The highest BCUT2D eigenvalue weighted by Crippen LogP contribution is 2.38. The number of ether oxygens (including phenoxy) is 3. The van der Waals surface area contributed by atoms with E-state index >= 15 is 0 Å². The Bertz CT molecular complexity index is 1210. The lowest BCUT2D eigenvalue weighted by molar-refractivity contribution is -0.154. The standard InChI is InChI=1S/C21H14F3NO6/c1-2-28-20(27)12-3-5-13(6-4-12)30-18-17(26)15-8-7-14(29-10-9-25)11-16(15)31-19(18)21(22,23)24/h3-8,11H,2,10H2,1H3. The number of hydrogen-bond acceptors (Lipinski definition) is 7. The molecular weight excluding hydrogens is 419 g/mol. The predicted molar refractivity (Wildman–Crippen MR) is 101 cm³/mol. The van der Waals surface area contributed by atoms with Crippen molar-refractivity contribution in [2.45, 2.75) is 13.1 Å². The third kappa shape index (κ3) is 4.78. The Labute approximate surface area is 173 Å². The summed E-state index contributed by atoms with van der Waals surface area (Å²) in [6.45, 7) is 1.46. The van der Waals surface area contributed by atoms with Crippen LogP contribution in [-0.4, -0.2) is 19.2 Å². The number of carbonyl (C=O) groups excluding carboxylic acids is 1. The molecule has 10 heteroatoms. The number of hydrogen-bond donors (Lipinski definition) is 0. The second-order valence-corrected chi connectivity index (χ2v) is 6.04. The van der Waals surface area contributed by atoms with Gasteiger partial charge in [0, 0.05) is 6.07 Å². The summed E-state index contributed by atoms with van der Waals surface area (Å²) in [5, 5.41) is 8.38. The number of rotatable bonds is 6. The number of nitriles is 1. The maximum Gasteiger partial charge on any atom is 0.453 e. The summed E-state index contributed by atoms with van der Waals surface area (Å²) in [4.78, 5) is 24.4. The molecule has 0 aliphatic carbocycles. The van der Waals surface area contributed by atoms with Crippen molar-refractivity contribution in [3.8, 4) is 23.3 Å². The zero-order valence-corrected chi connectivity index (χ0v) is 16.0. The average Bonchev–Trinajstić information content (AvgIpc) is 2.73. The number of benzene rings is 2.